The van der Waals surface area contributed by atoms with E-state index in [-0.39, 0.29) is 11.7 Å². The number of fused-ring (bicyclic) bond motifs is 1. The number of hydrogen-bond acceptors (Lipinski definition) is 3. The SMILES string of the molecule is Nc1c(C(=O)Nc2ccc(F)cc2)sc2cc(Cl)ccc12. The molecular formula is C15H10ClFN2OS. The van der Waals surface area contributed by atoms with Gasteiger partial charge in [0.2, 0.25) is 0 Å². The highest BCUT2D eigenvalue weighted by atomic mass is 35.5. The van der Waals surface area contributed by atoms with E-state index in [0.29, 0.717) is 21.3 Å². The molecule has 3 aromatic rings. The lowest BCUT2D eigenvalue weighted by atomic mass is 10.2. The van der Waals surface area contributed by atoms with Crippen LogP contribution >= 0.6 is 22.9 Å². The molecule has 0 spiro atoms. The van der Waals surface area contributed by atoms with Crippen LogP contribution in [-0.4, -0.2) is 5.91 Å². The summed E-state index contributed by atoms with van der Waals surface area (Å²) in [4.78, 5) is 12.7. The van der Waals surface area contributed by atoms with E-state index in [1.807, 2.05) is 0 Å². The second-order valence-electron chi connectivity index (χ2n) is 4.45. The van der Waals surface area contributed by atoms with Gasteiger partial charge in [0.05, 0.1) is 5.69 Å². The van der Waals surface area contributed by atoms with Crippen molar-refractivity contribution in [1.29, 1.82) is 0 Å². The smallest absolute Gasteiger partial charge is 0.267 e. The van der Waals surface area contributed by atoms with Gasteiger partial charge < -0.3 is 11.1 Å². The van der Waals surface area contributed by atoms with E-state index in [2.05, 4.69) is 5.32 Å². The first kappa shape index (κ1) is 13.9. The van der Waals surface area contributed by atoms with Crippen LogP contribution in [0.2, 0.25) is 5.02 Å². The molecule has 6 heteroatoms. The number of carbonyl (C=O) groups excluding carboxylic acids is 1. The van der Waals surface area contributed by atoms with E-state index >= 15 is 0 Å². The monoisotopic (exact) mass is 320 g/mol. The number of thiophene rings is 1. The first-order chi connectivity index (χ1) is 10.0. The van der Waals surface area contributed by atoms with E-state index in [1.54, 1.807) is 18.2 Å². The van der Waals surface area contributed by atoms with Crippen molar-refractivity contribution in [2.75, 3.05) is 11.1 Å². The summed E-state index contributed by atoms with van der Waals surface area (Å²) >= 11 is 7.21. The molecule has 2 aromatic carbocycles. The van der Waals surface area contributed by atoms with Crippen molar-refractivity contribution < 1.29 is 9.18 Å². The van der Waals surface area contributed by atoms with Gasteiger partial charge in [0.25, 0.3) is 5.91 Å². The van der Waals surface area contributed by atoms with E-state index in [1.165, 1.54) is 35.6 Å². The number of nitrogens with one attached hydrogen (secondary N) is 1. The Morgan fingerprint density at radius 2 is 1.90 bits per heavy atom. The molecule has 0 aliphatic rings. The number of hydrogen-bond donors (Lipinski definition) is 2. The number of nitrogens with two attached hydrogens (primary N) is 1. The first-order valence-electron chi connectivity index (χ1n) is 6.09. The summed E-state index contributed by atoms with van der Waals surface area (Å²) in [5, 5.41) is 4.09. The fraction of sp³-hybridized carbons (Fsp3) is 0. The molecule has 0 fully saturated rings. The molecule has 0 aliphatic heterocycles. The van der Waals surface area contributed by atoms with Crippen LogP contribution in [0.3, 0.4) is 0 Å². The lowest BCUT2D eigenvalue weighted by molar-refractivity contribution is 0.103. The molecular weight excluding hydrogens is 311 g/mol. The number of nitrogen functional groups attached to an aromatic ring is 1. The van der Waals surface area contributed by atoms with Gasteiger partial charge in [0, 0.05) is 20.8 Å². The fourth-order valence-corrected chi connectivity index (χ4v) is 3.27. The van der Waals surface area contributed by atoms with Gasteiger partial charge in [-0.1, -0.05) is 11.6 Å². The summed E-state index contributed by atoms with van der Waals surface area (Å²) in [6, 6.07) is 10.8. The predicted octanol–water partition coefficient (Wildman–Crippen LogP) is 4.53. The second kappa shape index (κ2) is 5.35. The van der Waals surface area contributed by atoms with Crippen molar-refractivity contribution in [3.8, 4) is 0 Å². The number of halogens is 2. The maximum absolute atomic E-state index is 12.8. The minimum atomic E-state index is -0.357. The molecule has 1 aromatic heterocycles. The average molecular weight is 321 g/mol. The van der Waals surface area contributed by atoms with E-state index < -0.39 is 0 Å². The molecule has 1 amide bonds. The molecule has 1 heterocycles. The van der Waals surface area contributed by atoms with Crippen LogP contribution in [0.1, 0.15) is 9.67 Å². The van der Waals surface area contributed by atoms with E-state index in [4.69, 9.17) is 17.3 Å². The van der Waals surface area contributed by atoms with Gasteiger partial charge in [0.1, 0.15) is 10.7 Å². The lowest BCUT2D eigenvalue weighted by Gasteiger charge is -2.04. The third kappa shape index (κ3) is 2.70. The Labute approximate surface area is 129 Å². The van der Waals surface area contributed by atoms with Gasteiger partial charge in [-0.05, 0) is 42.5 Å². The molecule has 0 unspecified atom stereocenters. The molecule has 0 atom stereocenters. The largest absolute Gasteiger partial charge is 0.397 e. The van der Waals surface area contributed by atoms with Crippen LogP contribution in [0, 0.1) is 5.82 Å². The highest BCUT2D eigenvalue weighted by Crippen LogP contribution is 2.35. The molecule has 0 bridgehead atoms. The van der Waals surface area contributed by atoms with Crippen LogP contribution in [0.25, 0.3) is 10.1 Å². The number of rotatable bonds is 2. The summed E-state index contributed by atoms with van der Waals surface area (Å²) < 4.78 is 13.7. The van der Waals surface area contributed by atoms with Crippen molar-refractivity contribution in [1.82, 2.24) is 0 Å². The van der Waals surface area contributed by atoms with Gasteiger partial charge in [-0.3, -0.25) is 4.79 Å². The second-order valence-corrected chi connectivity index (χ2v) is 5.93. The Hall–Kier alpha value is -2.11. The quantitative estimate of drug-likeness (QED) is 0.729. The highest BCUT2D eigenvalue weighted by Gasteiger charge is 2.16. The predicted molar refractivity (Wildman–Crippen MR) is 85.6 cm³/mol. The summed E-state index contributed by atoms with van der Waals surface area (Å²) in [6.45, 7) is 0. The lowest BCUT2D eigenvalue weighted by Crippen LogP contribution is -2.11. The maximum Gasteiger partial charge on any atom is 0.267 e. The maximum atomic E-state index is 12.8. The zero-order valence-electron chi connectivity index (χ0n) is 10.7. The first-order valence-corrected chi connectivity index (χ1v) is 7.28. The van der Waals surface area contributed by atoms with Crippen molar-refractivity contribution in [2.24, 2.45) is 0 Å². The Morgan fingerprint density at radius 3 is 2.62 bits per heavy atom. The van der Waals surface area contributed by atoms with E-state index in [9.17, 15) is 9.18 Å². The minimum absolute atomic E-state index is 0.323. The molecule has 21 heavy (non-hydrogen) atoms. The van der Waals surface area contributed by atoms with Crippen molar-refractivity contribution in [2.45, 2.75) is 0 Å². The van der Waals surface area contributed by atoms with Crippen molar-refractivity contribution in [3.63, 3.8) is 0 Å². The third-order valence-corrected chi connectivity index (χ3v) is 4.40. The van der Waals surface area contributed by atoms with Crippen LogP contribution in [-0.2, 0) is 0 Å². The summed E-state index contributed by atoms with van der Waals surface area (Å²) in [7, 11) is 0. The Balaban J connectivity index is 1.94. The molecule has 0 saturated heterocycles. The Bertz CT molecular complexity index is 830. The van der Waals surface area contributed by atoms with Crippen LogP contribution in [0.5, 0.6) is 0 Å². The number of benzene rings is 2. The van der Waals surface area contributed by atoms with Crippen LogP contribution in [0.15, 0.2) is 42.5 Å². The van der Waals surface area contributed by atoms with Gasteiger partial charge in [-0.15, -0.1) is 11.3 Å². The molecule has 3 nitrogen and oxygen atoms in total. The number of carbonyl (C=O) groups is 1. The summed E-state index contributed by atoms with van der Waals surface area (Å²) in [6.07, 6.45) is 0. The number of anilines is 2. The molecule has 0 saturated carbocycles. The highest BCUT2D eigenvalue weighted by molar-refractivity contribution is 7.21. The summed E-state index contributed by atoms with van der Waals surface area (Å²) in [5.74, 6) is -0.680. The van der Waals surface area contributed by atoms with Gasteiger partial charge >= 0.3 is 0 Å². The van der Waals surface area contributed by atoms with Gasteiger partial charge in [-0.2, -0.15) is 0 Å². The molecule has 3 N–H and O–H groups in total. The van der Waals surface area contributed by atoms with Gasteiger partial charge in [0.15, 0.2) is 0 Å². The molecule has 3 rings (SSSR count). The fourth-order valence-electron chi connectivity index (χ4n) is 1.98. The zero-order valence-corrected chi connectivity index (χ0v) is 12.3. The van der Waals surface area contributed by atoms with Crippen LogP contribution < -0.4 is 11.1 Å². The van der Waals surface area contributed by atoms with Gasteiger partial charge in [-0.25, -0.2) is 4.39 Å². The standard InChI is InChI=1S/C15H10ClFN2OS/c16-8-1-6-11-12(7-8)21-14(13(11)18)15(20)19-10-4-2-9(17)3-5-10/h1-7H,18H2,(H,19,20). The molecule has 0 radical (unpaired) electrons. The Morgan fingerprint density at radius 1 is 1.19 bits per heavy atom. The average Bonchev–Trinajstić information content (AvgIpc) is 2.78. The van der Waals surface area contributed by atoms with E-state index in [0.717, 1.165) is 10.1 Å². The minimum Gasteiger partial charge on any atom is -0.397 e. The van der Waals surface area contributed by atoms with Crippen LogP contribution in [0.4, 0.5) is 15.8 Å². The molecule has 106 valence electrons. The van der Waals surface area contributed by atoms with Crippen molar-refractivity contribution >= 4 is 50.3 Å². The third-order valence-electron chi connectivity index (χ3n) is 3.00. The zero-order chi connectivity index (χ0) is 15.0. The molecule has 0 aliphatic carbocycles. The topological polar surface area (TPSA) is 55.1 Å². The normalized spacial score (nSPS) is 10.8. The van der Waals surface area contributed by atoms with Crippen molar-refractivity contribution in [3.05, 3.63) is 58.2 Å². The summed E-state index contributed by atoms with van der Waals surface area (Å²) in [5.41, 5.74) is 6.95. The Kier molecular flexibility index (Phi) is 3.53. The number of amides is 1.